The molecule has 2 aliphatic heterocycles. The first-order chi connectivity index (χ1) is 12.2. The van der Waals surface area contributed by atoms with Crippen molar-refractivity contribution < 1.29 is 19.0 Å². The Kier molecular flexibility index (Phi) is 4.94. The van der Waals surface area contributed by atoms with E-state index < -0.39 is 0 Å². The molecule has 2 unspecified atom stereocenters. The maximum absolute atomic E-state index is 12.5. The molecule has 1 fully saturated rings. The first kappa shape index (κ1) is 16.8. The Morgan fingerprint density at radius 2 is 1.92 bits per heavy atom. The highest BCUT2D eigenvalue weighted by atomic mass is 127. The van der Waals surface area contributed by atoms with E-state index in [-0.39, 0.29) is 18.2 Å². The first-order valence-corrected chi connectivity index (χ1v) is 9.64. The summed E-state index contributed by atoms with van der Waals surface area (Å²) in [5, 5.41) is 0. The van der Waals surface area contributed by atoms with Crippen molar-refractivity contribution in [2.45, 2.75) is 38.1 Å². The molecule has 5 heteroatoms. The van der Waals surface area contributed by atoms with Crippen LogP contribution in [-0.4, -0.2) is 18.7 Å². The number of carbonyl (C=O) groups excluding carboxylic acids is 1. The van der Waals surface area contributed by atoms with Crippen molar-refractivity contribution >= 4 is 28.4 Å². The molecule has 2 aliphatic rings. The van der Waals surface area contributed by atoms with Gasteiger partial charge < -0.3 is 14.2 Å². The Morgan fingerprint density at radius 1 is 1.08 bits per heavy atom. The van der Waals surface area contributed by atoms with Crippen molar-refractivity contribution in [2.75, 3.05) is 6.61 Å². The van der Waals surface area contributed by atoms with Crippen molar-refractivity contribution in [3.8, 4) is 11.5 Å². The van der Waals surface area contributed by atoms with Gasteiger partial charge in [0, 0.05) is 16.1 Å². The van der Waals surface area contributed by atoms with Crippen LogP contribution in [0.15, 0.2) is 42.5 Å². The quantitative estimate of drug-likeness (QED) is 0.624. The van der Waals surface area contributed by atoms with E-state index in [2.05, 4.69) is 22.6 Å². The highest BCUT2D eigenvalue weighted by Crippen LogP contribution is 2.37. The number of halogens is 1. The maximum Gasteiger partial charge on any atom is 0.199 e. The highest BCUT2D eigenvalue weighted by Gasteiger charge is 2.28. The zero-order valence-electron chi connectivity index (χ0n) is 13.7. The van der Waals surface area contributed by atoms with E-state index in [0.717, 1.165) is 35.0 Å². The van der Waals surface area contributed by atoms with Crippen LogP contribution < -0.4 is 9.47 Å². The van der Waals surface area contributed by atoms with Crippen LogP contribution in [0.1, 0.15) is 47.7 Å². The van der Waals surface area contributed by atoms with Gasteiger partial charge in [0.05, 0.1) is 18.6 Å². The summed E-state index contributed by atoms with van der Waals surface area (Å²) in [5.41, 5.74) is 1.64. The van der Waals surface area contributed by atoms with Crippen LogP contribution in [0.2, 0.25) is 0 Å². The zero-order valence-corrected chi connectivity index (χ0v) is 15.9. The summed E-state index contributed by atoms with van der Waals surface area (Å²) in [4.78, 5) is 12.5. The SMILES string of the molecule is O=C1CC(c2ccc(I)cc2)Oc2cc(OC3CCCCO3)ccc21. The molecule has 2 atom stereocenters. The van der Waals surface area contributed by atoms with Crippen molar-refractivity contribution in [3.63, 3.8) is 0 Å². The lowest BCUT2D eigenvalue weighted by atomic mass is 9.96. The Labute approximate surface area is 160 Å². The van der Waals surface area contributed by atoms with Crippen molar-refractivity contribution in [1.82, 2.24) is 0 Å². The van der Waals surface area contributed by atoms with Crippen LogP contribution in [0.25, 0.3) is 0 Å². The number of ketones is 1. The predicted molar refractivity (Wildman–Crippen MR) is 102 cm³/mol. The number of hydrogen-bond acceptors (Lipinski definition) is 4. The van der Waals surface area contributed by atoms with E-state index in [1.807, 2.05) is 36.4 Å². The van der Waals surface area contributed by atoms with Gasteiger partial charge in [0.1, 0.15) is 17.6 Å². The smallest absolute Gasteiger partial charge is 0.199 e. The number of benzene rings is 2. The fourth-order valence-corrected chi connectivity index (χ4v) is 3.56. The van der Waals surface area contributed by atoms with Gasteiger partial charge in [-0.1, -0.05) is 12.1 Å². The van der Waals surface area contributed by atoms with E-state index in [1.54, 1.807) is 6.07 Å². The van der Waals surface area contributed by atoms with Crippen LogP contribution in [0.3, 0.4) is 0 Å². The van der Waals surface area contributed by atoms with Crippen molar-refractivity contribution in [3.05, 3.63) is 57.2 Å². The molecular formula is C20H19IO4. The summed E-state index contributed by atoms with van der Waals surface area (Å²) in [7, 11) is 0. The van der Waals surface area contributed by atoms with Crippen LogP contribution in [0.4, 0.5) is 0 Å². The molecule has 0 bridgehead atoms. The molecule has 0 N–H and O–H groups in total. The van der Waals surface area contributed by atoms with Gasteiger partial charge in [0.2, 0.25) is 0 Å². The Morgan fingerprint density at radius 3 is 2.68 bits per heavy atom. The topological polar surface area (TPSA) is 44.8 Å². The second-order valence-corrected chi connectivity index (χ2v) is 7.60. The zero-order chi connectivity index (χ0) is 17.2. The molecule has 1 saturated heterocycles. The Balaban J connectivity index is 1.55. The molecule has 2 aromatic rings. The number of fused-ring (bicyclic) bond motifs is 1. The fourth-order valence-electron chi connectivity index (χ4n) is 3.20. The van der Waals surface area contributed by atoms with Gasteiger partial charge in [-0.05, 0) is 65.3 Å². The van der Waals surface area contributed by atoms with Crippen LogP contribution in [0, 0.1) is 3.57 Å². The van der Waals surface area contributed by atoms with E-state index in [1.165, 1.54) is 0 Å². The third-order valence-electron chi connectivity index (χ3n) is 4.54. The van der Waals surface area contributed by atoms with Crippen LogP contribution in [0.5, 0.6) is 11.5 Å². The summed E-state index contributed by atoms with van der Waals surface area (Å²) in [5.74, 6) is 1.38. The molecule has 130 valence electrons. The van der Waals surface area contributed by atoms with Gasteiger partial charge in [-0.3, -0.25) is 4.79 Å². The van der Waals surface area contributed by atoms with Crippen molar-refractivity contribution in [2.24, 2.45) is 0 Å². The largest absolute Gasteiger partial charge is 0.484 e. The first-order valence-electron chi connectivity index (χ1n) is 8.57. The number of rotatable bonds is 3. The van der Waals surface area contributed by atoms with Gasteiger partial charge in [0.15, 0.2) is 12.1 Å². The summed E-state index contributed by atoms with van der Waals surface area (Å²) in [6.45, 7) is 0.736. The lowest BCUT2D eigenvalue weighted by Crippen LogP contribution is -2.25. The third kappa shape index (κ3) is 3.82. The maximum atomic E-state index is 12.5. The number of ether oxygens (including phenoxy) is 3. The minimum absolute atomic E-state index is 0.102. The number of hydrogen-bond donors (Lipinski definition) is 0. The van der Waals surface area contributed by atoms with Gasteiger partial charge in [0.25, 0.3) is 0 Å². The van der Waals surface area contributed by atoms with E-state index in [9.17, 15) is 4.79 Å². The molecular weight excluding hydrogens is 431 g/mol. The average molecular weight is 450 g/mol. The van der Waals surface area contributed by atoms with Gasteiger partial charge >= 0.3 is 0 Å². The normalized spacial score (nSPS) is 22.8. The molecule has 0 saturated carbocycles. The molecule has 2 aromatic carbocycles. The van der Waals surface area contributed by atoms with Gasteiger partial charge in [-0.15, -0.1) is 0 Å². The van der Waals surface area contributed by atoms with E-state index in [0.29, 0.717) is 23.5 Å². The summed E-state index contributed by atoms with van der Waals surface area (Å²) in [6, 6.07) is 13.5. The molecule has 4 rings (SSSR count). The lowest BCUT2D eigenvalue weighted by molar-refractivity contribution is -0.106. The monoisotopic (exact) mass is 450 g/mol. The Bertz CT molecular complexity index is 766. The average Bonchev–Trinajstić information content (AvgIpc) is 2.63. The summed E-state index contributed by atoms with van der Waals surface area (Å²) >= 11 is 2.27. The van der Waals surface area contributed by atoms with Gasteiger partial charge in [-0.25, -0.2) is 0 Å². The molecule has 2 heterocycles. The van der Waals surface area contributed by atoms with Crippen LogP contribution in [-0.2, 0) is 4.74 Å². The number of carbonyl (C=O) groups is 1. The highest BCUT2D eigenvalue weighted by molar-refractivity contribution is 14.1. The van der Waals surface area contributed by atoms with Crippen molar-refractivity contribution in [1.29, 1.82) is 0 Å². The Hall–Kier alpha value is -1.60. The minimum Gasteiger partial charge on any atom is -0.484 e. The molecule has 0 aromatic heterocycles. The predicted octanol–water partition coefficient (Wildman–Crippen LogP) is 4.90. The van der Waals surface area contributed by atoms with E-state index in [4.69, 9.17) is 14.2 Å². The second-order valence-electron chi connectivity index (χ2n) is 6.36. The standard InChI is InChI=1S/C20H19IO4/c21-14-6-4-13(5-7-14)18-12-17(22)16-9-8-15(11-19(16)25-18)24-20-3-1-2-10-23-20/h4-9,11,18,20H,1-3,10,12H2. The lowest BCUT2D eigenvalue weighted by Gasteiger charge is -2.27. The summed E-state index contributed by atoms with van der Waals surface area (Å²) in [6.07, 6.45) is 2.98. The minimum atomic E-state index is -0.252. The molecule has 4 nitrogen and oxygen atoms in total. The molecule has 0 aliphatic carbocycles. The molecule has 0 amide bonds. The third-order valence-corrected chi connectivity index (χ3v) is 5.26. The fraction of sp³-hybridized carbons (Fsp3) is 0.350. The van der Waals surface area contributed by atoms with Crippen LogP contribution >= 0.6 is 22.6 Å². The molecule has 25 heavy (non-hydrogen) atoms. The second kappa shape index (κ2) is 7.33. The summed E-state index contributed by atoms with van der Waals surface area (Å²) < 4.78 is 18.8. The van der Waals surface area contributed by atoms with Gasteiger partial charge in [-0.2, -0.15) is 0 Å². The molecule has 0 spiro atoms. The number of Topliss-reactive ketones (excluding diaryl/α,β-unsaturated/α-hetero) is 1. The van der Waals surface area contributed by atoms with E-state index >= 15 is 0 Å². The molecule has 0 radical (unpaired) electrons.